The van der Waals surface area contributed by atoms with Gasteiger partial charge in [-0.1, -0.05) is 13.0 Å². The molecule has 0 bridgehead atoms. The highest BCUT2D eigenvalue weighted by molar-refractivity contribution is 9.10. The third-order valence-corrected chi connectivity index (χ3v) is 4.95. The van der Waals surface area contributed by atoms with Gasteiger partial charge < -0.3 is 10.2 Å². The van der Waals surface area contributed by atoms with Gasteiger partial charge >= 0.3 is 0 Å². The second-order valence-corrected chi connectivity index (χ2v) is 6.91. The van der Waals surface area contributed by atoms with Crippen molar-refractivity contribution >= 4 is 21.6 Å². The zero-order valence-electron chi connectivity index (χ0n) is 12.7. The van der Waals surface area contributed by atoms with Crippen LogP contribution in [0.25, 0.3) is 0 Å². The average molecular weight is 355 g/mol. The minimum absolute atomic E-state index is 0.131. The van der Waals surface area contributed by atoms with Gasteiger partial charge in [-0.3, -0.25) is 4.79 Å². The summed E-state index contributed by atoms with van der Waals surface area (Å²) in [6, 6.07) is 0. The van der Waals surface area contributed by atoms with E-state index in [0.29, 0.717) is 11.0 Å². The van der Waals surface area contributed by atoms with Crippen LogP contribution in [0.4, 0.5) is 5.69 Å². The Morgan fingerprint density at radius 2 is 2.19 bits per heavy atom. The summed E-state index contributed by atoms with van der Waals surface area (Å²) in [5, 5.41) is 7.54. The van der Waals surface area contributed by atoms with Gasteiger partial charge in [0.15, 0.2) is 0 Å². The molecule has 0 unspecified atom stereocenters. The molecule has 5 nitrogen and oxygen atoms in total. The van der Waals surface area contributed by atoms with Gasteiger partial charge in [0.1, 0.15) is 4.47 Å². The van der Waals surface area contributed by atoms with E-state index in [9.17, 15) is 4.79 Å². The molecular formula is C15H23BrN4O. The van der Waals surface area contributed by atoms with Crippen molar-refractivity contribution in [1.29, 1.82) is 0 Å². The molecule has 0 aliphatic carbocycles. The molecule has 21 heavy (non-hydrogen) atoms. The molecule has 0 radical (unpaired) electrons. The van der Waals surface area contributed by atoms with E-state index in [2.05, 4.69) is 51.8 Å². The fourth-order valence-corrected chi connectivity index (χ4v) is 2.93. The molecule has 2 heterocycles. The SMILES string of the molecule is C=CCn1ncc(NCC2(C)CCN(C)CC2)c(Br)c1=O. The first-order chi connectivity index (χ1) is 9.95. The number of allylic oxidation sites excluding steroid dienone is 1. The smallest absolute Gasteiger partial charge is 0.283 e. The van der Waals surface area contributed by atoms with E-state index in [0.717, 1.165) is 38.2 Å². The average Bonchev–Trinajstić information content (AvgIpc) is 2.47. The molecule has 1 aliphatic heterocycles. The van der Waals surface area contributed by atoms with Crippen LogP contribution in [0.1, 0.15) is 19.8 Å². The Balaban J connectivity index is 2.05. The molecule has 0 spiro atoms. The van der Waals surface area contributed by atoms with Crippen molar-refractivity contribution in [3.8, 4) is 0 Å². The Morgan fingerprint density at radius 3 is 2.81 bits per heavy atom. The predicted octanol–water partition coefficient (Wildman–Crippen LogP) is 2.34. The summed E-state index contributed by atoms with van der Waals surface area (Å²) in [5.74, 6) is 0. The van der Waals surface area contributed by atoms with Crippen LogP contribution >= 0.6 is 15.9 Å². The molecule has 1 aromatic heterocycles. The largest absolute Gasteiger partial charge is 0.382 e. The number of hydrogen-bond donors (Lipinski definition) is 1. The van der Waals surface area contributed by atoms with E-state index < -0.39 is 0 Å². The van der Waals surface area contributed by atoms with E-state index in [1.807, 2.05) is 0 Å². The van der Waals surface area contributed by atoms with E-state index in [1.54, 1.807) is 12.3 Å². The minimum atomic E-state index is -0.131. The summed E-state index contributed by atoms with van der Waals surface area (Å²) >= 11 is 3.37. The molecular weight excluding hydrogens is 332 g/mol. The van der Waals surface area contributed by atoms with Crippen LogP contribution in [0.2, 0.25) is 0 Å². The number of piperidine rings is 1. The number of anilines is 1. The van der Waals surface area contributed by atoms with Crippen LogP contribution in [0.5, 0.6) is 0 Å². The molecule has 1 aliphatic rings. The Morgan fingerprint density at radius 1 is 1.52 bits per heavy atom. The number of likely N-dealkylation sites (tertiary alicyclic amines) is 1. The molecule has 6 heteroatoms. The van der Waals surface area contributed by atoms with Gasteiger partial charge in [0.05, 0.1) is 18.4 Å². The minimum Gasteiger partial charge on any atom is -0.382 e. The van der Waals surface area contributed by atoms with Gasteiger partial charge in [0.25, 0.3) is 5.56 Å². The van der Waals surface area contributed by atoms with Crippen molar-refractivity contribution in [1.82, 2.24) is 14.7 Å². The van der Waals surface area contributed by atoms with Gasteiger partial charge in [-0.2, -0.15) is 5.10 Å². The molecule has 0 saturated carbocycles. The lowest BCUT2D eigenvalue weighted by Gasteiger charge is -2.38. The Hall–Kier alpha value is -1.14. The number of nitrogens with zero attached hydrogens (tertiary/aromatic N) is 3. The molecule has 0 amide bonds. The Kier molecular flexibility index (Phi) is 5.22. The lowest BCUT2D eigenvalue weighted by atomic mass is 9.80. The van der Waals surface area contributed by atoms with Crippen molar-refractivity contribution in [3.63, 3.8) is 0 Å². The van der Waals surface area contributed by atoms with E-state index in [-0.39, 0.29) is 11.0 Å². The van der Waals surface area contributed by atoms with Crippen LogP contribution in [0.15, 0.2) is 28.1 Å². The third-order valence-electron chi connectivity index (χ3n) is 4.19. The first-order valence-corrected chi connectivity index (χ1v) is 8.03. The zero-order valence-corrected chi connectivity index (χ0v) is 14.3. The van der Waals surface area contributed by atoms with Crippen molar-refractivity contribution in [3.05, 3.63) is 33.7 Å². The summed E-state index contributed by atoms with van der Waals surface area (Å²) in [7, 11) is 2.16. The van der Waals surface area contributed by atoms with Crippen LogP contribution in [0, 0.1) is 5.41 Å². The summed E-state index contributed by atoms with van der Waals surface area (Å²) in [4.78, 5) is 14.5. The quantitative estimate of drug-likeness (QED) is 0.824. The number of hydrogen-bond acceptors (Lipinski definition) is 4. The number of rotatable bonds is 5. The fourth-order valence-electron chi connectivity index (χ4n) is 2.48. The molecule has 1 saturated heterocycles. The maximum atomic E-state index is 12.1. The van der Waals surface area contributed by atoms with E-state index in [1.165, 1.54) is 4.68 Å². The molecule has 1 aromatic rings. The third kappa shape index (κ3) is 3.95. The van der Waals surface area contributed by atoms with Crippen LogP contribution in [0.3, 0.4) is 0 Å². The highest BCUT2D eigenvalue weighted by atomic mass is 79.9. The summed E-state index contributed by atoms with van der Waals surface area (Å²) in [6.45, 7) is 9.44. The monoisotopic (exact) mass is 354 g/mol. The van der Waals surface area contributed by atoms with Gasteiger partial charge in [-0.15, -0.1) is 6.58 Å². The van der Waals surface area contributed by atoms with Crippen LogP contribution in [-0.4, -0.2) is 41.4 Å². The fraction of sp³-hybridized carbons (Fsp3) is 0.600. The number of halogens is 1. The lowest BCUT2D eigenvalue weighted by molar-refractivity contribution is 0.150. The first kappa shape index (κ1) is 16.2. The van der Waals surface area contributed by atoms with Crippen LogP contribution < -0.4 is 10.9 Å². The van der Waals surface area contributed by atoms with E-state index in [4.69, 9.17) is 0 Å². The Labute approximate surface area is 134 Å². The second-order valence-electron chi connectivity index (χ2n) is 6.12. The highest BCUT2D eigenvalue weighted by Crippen LogP contribution is 2.31. The Bertz CT molecular complexity index is 561. The van der Waals surface area contributed by atoms with Crippen molar-refractivity contribution in [2.75, 3.05) is 32.0 Å². The normalized spacial score (nSPS) is 18.4. The predicted molar refractivity (Wildman–Crippen MR) is 89.7 cm³/mol. The zero-order chi connectivity index (χ0) is 15.5. The summed E-state index contributed by atoms with van der Waals surface area (Å²) < 4.78 is 1.93. The van der Waals surface area contributed by atoms with E-state index >= 15 is 0 Å². The maximum absolute atomic E-state index is 12.1. The lowest BCUT2D eigenvalue weighted by Crippen LogP contribution is -2.40. The van der Waals surface area contributed by atoms with Crippen molar-refractivity contribution in [2.45, 2.75) is 26.3 Å². The van der Waals surface area contributed by atoms with Gasteiger partial charge in [0.2, 0.25) is 0 Å². The number of aromatic nitrogens is 2. The molecule has 1 fully saturated rings. The first-order valence-electron chi connectivity index (χ1n) is 7.24. The maximum Gasteiger partial charge on any atom is 0.283 e. The van der Waals surface area contributed by atoms with Gasteiger partial charge in [-0.05, 0) is 54.3 Å². The molecule has 0 aromatic carbocycles. The number of nitrogens with one attached hydrogen (secondary N) is 1. The van der Waals surface area contributed by atoms with Crippen molar-refractivity contribution < 1.29 is 0 Å². The molecule has 2 rings (SSSR count). The standard InChI is InChI=1S/C15H23BrN4O/c1-4-7-20-14(21)13(16)12(10-18-20)17-11-15(2)5-8-19(3)9-6-15/h4,10,17H,1,5-9,11H2,2-3H3. The summed E-state index contributed by atoms with van der Waals surface area (Å²) in [5.41, 5.74) is 0.899. The second kappa shape index (κ2) is 6.75. The topological polar surface area (TPSA) is 50.2 Å². The molecule has 116 valence electrons. The highest BCUT2D eigenvalue weighted by Gasteiger charge is 2.28. The summed E-state index contributed by atoms with van der Waals surface area (Å²) in [6.07, 6.45) is 5.69. The van der Waals surface area contributed by atoms with Crippen molar-refractivity contribution in [2.24, 2.45) is 5.41 Å². The molecule has 0 atom stereocenters. The van der Waals surface area contributed by atoms with Gasteiger partial charge in [-0.25, -0.2) is 4.68 Å². The molecule has 1 N–H and O–H groups in total. The van der Waals surface area contributed by atoms with Gasteiger partial charge in [0, 0.05) is 6.54 Å². The van der Waals surface area contributed by atoms with Crippen LogP contribution in [-0.2, 0) is 6.54 Å².